The monoisotopic (exact) mass is 194 g/mol. The van der Waals surface area contributed by atoms with Gasteiger partial charge in [0.15, 0.2) is 0 Å². The van der Waals surface area contributed by atoms with Crippen LogP contribution in [0.2, 0.25) is 0 Å². The minimum absolute atomic E-state index is 0.0337. The summed E-state index contributed by atoms with van der Waals surface area (Å²) in [5.41, 5.74) is 8.19. The first-order valence-electron chi connectivity index (χ1n) is 4.91. The van der Waals surface area contributed by atoms with Crippen molar-refractivity contribution < 1.29 is 4.74 Å². The van der Waals surface area contributed by atoms with Crippen LogP contribution in [0.5, 0.6) is 0 Å². The van der Waals surface area contributed by atoms with Gasteiger partial charge in [0, 0.05) is 26.0 Å². The molecule has 0 aromatic carbocycles. The summed E-state index contributed by atoms with van der Waals surface area (Å²) in [6.45, 7) is 2.80. The Morgan fingerprint density at radius 2 is 2.36 bits per heavy atom. The lowest BCUT2D eigenvalue weighted by molar-refractivity contribution is 0.190. The minimum atomic E-state index is 0.0337. The van der Waals surface area contributed by atoms with Gasteiger partial charge in [-0.05, 0) is 31.4 Å². The molecular weight excluding hydrogens is 176 g/mol. The van der Waals surface area contributed by atoms with Crippen molar-refractivity contribution in [2.24, 2.45) is 5.73 Å². The summed E-state index contributed by atoms with van der Waals surface area (Å²) in [6.07, 6.45) is 3.69. The Morgan fingerprint density at radius 1 is 1.57 bits per heavy atom. The van der Waals surface area contributed by atoms with Gasteiger partial charge >= 0.3 is 0 Å². The maximum atomic E-state index is 6.02. The summed E-state index contributed by atoms with van der Waals surface area (Å²) < 4.78 is 4.98. The molecule has 0 aliphatic rings. The van der Waals surface area contributed by atoms with Gasteiger partial charge in [-0.15, -0.1) is 0 Å². The second kappa shape index (κ2) is 5.73. The molecule has 1 atom stereocenters. The number of nitrogens with zero attached hydrogens (tertiary/aromatic N) is 1. The third kappa shape index (κ3) is 3.09. The van der Waals surface area contributed by atoms with Gasteiger partial charge in [0.1, 0.15) is 0 Å². The number of aromatic nitrogens is 1. The van der Waals surface area contributed by atoms with Gasteiger partial charge in [0.25, 0.3) is 0 Å². The van der Waals surface area contributed by atoms with E-state index in [-0.39, 0.29) is 6.04 Å². The van der Waals surface area contributed by atoms with Gasteiger partial charge in [-0.1, -0.05) is 6.07 Å². The molecule has 1 unspecified atom stereocenters. The summed E-state index contributed by atoms with van der Waals surface area (Å²) in [5, 5.41) is 0. The van der Waals surface area contributed by atoms with Crippen LogP contribution in [0.3, 0.4) is 0 Å². The van der Waals surface area contributed by atoms with E-state index in [0.29, 0.717) is 0 Å². The highest BCUT2D eigenvalue weighted by Gasteiger charge is 2.08. The zero-order valence-electron chi connectivity index (χ0n) is 8.86. The molecule has 14 heavy (non-hydrogen) atoms. The zero-order chi connectivity index (χ0) is 10.4. The fourth-order valence-electron chi connectivity index (χ4n) is 1.47. The molecule has 0 saturated heterocycles. The predicted molar refractivity (Wildman–Crippen MR) is 57.0 cm³/mol. The maximum Gasteiger partial charge on any atom is 0.0600 e. The van der Waals surface area contributed by atoms with E-state index in [2.05, 4.69) is 4.98 Å². The molecule has 1 aromatic heterocycles. The third-order valence-corrected chi connectivity index (χ3v) is 2.26. The SMILES string of the molecule is COCCCC(N)c1ncccc1C. The fourth-order valence-corrected chi connectivity index (χ4v) is 1.47. The molecular formula is C11H18N2O. The number of hydrogen-bond acceptors (Lipinski definition) is 3. The van der Waals surface area contributed by atoms with Crippen molar-refractivity contribution in [3.63, 3.8) is 0 Å². The summed E-state index contributed by atoms with van der Waals surface area (Å²) in [7, 11) is 1.71. The predicted octanol–water partition coefficient (Wildman–Crippen LogP) is 1.82. The van der Waals surface area contributed by atoms with E-state index >= 15 is 0 Å². The van der Waals surface area contributed by atoms with Crippen molar-refractivity contribution in [1.82, 2.24) is 4.98 Å². The molecule has 0 spiro atoms. The second-order valence-electron chi connectivity index (χ2n) is 3.45. The molecule has 3 heteroatoms. The number of ether oxygens (including phenoxy) is 1. The molecule has 1 aromatic rings. The Kier molecular flexibility index (Phi) is 4.56. The van der Waals surface area contributed by atoms with Crippen molar-refractivity contribution in [1.29, 1.82) is 0 Å². The van der Waals surface area contributed by atoms with E-state index in [4.69, 9.17) is 10.5 Å². The lowest BCUT2D eigenvalue weighted by atomic mass is 10.0. The van der Waals surface area contributed by atoms with E-state index < -0.39 is 0 Å². The van der Waals surface area contributed by atoms with Crippen LogP contribution in [0.25, 0.3) is 0 Å². The van der Waals surface area contributed by atoms with Gasteiger partial charge in [0.2, 0.25) is 0 Å². The molecule has 3 nitrogen and oxygen atoms in total. The Hall–Kier alpha value is -0.930. The molecule has 0 radical (unpaired) electrons. The Bertz CT molecular complexity index is 276. The molecule has 0 amide bonds. The van der Waals surface area contributed by atoms with Crippen molar-refractivity contribution >= 4 is 0 Å². The van der Waals surface area contributed by atoms with Crippen LogP contribution in [-0.2, 0) is 4.74 Å². The molecule has 1 rings (SSSR count). The third-order valence-electron chi connectivity index (χ3n) is 2.26. The lowest BCUT2D eigenvalue weighted by Crippen LogP contribution is -2.14. The van der Waals surface area contributed by atoms with Crippen molar-refractivity contribution in [2.45, 2.75) is 25.8 Å². The highest BCUT2D eigenvalue weighted by molar-refractivity contribution is 5.20. The Morgan fingerprint density at radius 3 is 3.00 bits per heavy atom. The quantitative estimate of drug-likeness (QED) is 0.727. The molecule has 0 aliphatic heterocycles. The smallest absolute Gasteiger partial charge is 0.0600 e. The van der Waals surface area contributed by atoms with Crippen molar-refractivity contribution in [3.8, 4) is 0 Å². The number of aryl methyl sites for hydroxylation is 1. The lowest BCUT2D eigenvalue weighted by Gasteiger charge is -2.12. The zero-order valence-corrected chi connectivity index (χ0v) is 8.86. The van der Waals surface area contributed by atoms with Gasteiger partial charge in [0.05, 0.1) is 5.69 Å². The molecule has 1 heterocycles. The molecule has 0 aliphatic carbocycles. The molecule has 0 saturated carbocycles. The van der Waals surface area contributed by atoms with Crippen LogP contribution in [0, 0.1) is 6.92 Å². The van der Waals surface area contributed by atoms with E-state index in [1.807, 2.05) is 19.1 Å². The summed E-state index contributed by atoms with van der Waals surface area (Å²) >= 11 is 0. The molecule has 78 valence electrons. The minimum Gasteiger partial charge on any atom is -0.385 e. The van der Waals surface area contributed by atoms with E-state index in [0.717, 1.165) is 30.7 Å². The standard InChI is InChI=1S/C11H18N2O/c1-9-5-3-7-13-11(9)10(12)6-4-8-14-2/h3,5,7,10H,4,6,8,12H2,1-2H3. The van der Waals surface area contributed by atoms with Gasteiger partial charge in [-0.2, -0.15) is 0 Å². The topological polar surface area (TPSA) is 48.1 Å². The normalized spacial score (nSPS) is 12.8. The fraction of sp³-hybridized carbons (Fsp3) is 0.545. The van der Waals surface area contributed by atoms with E-state index in [1.54, 1.807) is 13.3 Å². The average molecular weight is 194 g/mol. The largest absolute Gasteiger partial charge is 0.385 e. The van der Waals surface area contributed by atoms with Crippen LogP contribution in [0.4, 0.5) is 0 Å². The van der Waals surface area contributed by atoms with Crippen LogP contribution >= 0.6 is 0 Å². The molecule has 0 bridgehead atoms. The first-order valence-corrected chi connectivity index (χ1v) is 4.91. The van der Waals surface area contributed by atoms with E-state index in [1.165, 1.54) is 0 Å². The molecule has 0 fully saturated rings. The van der Waals surface area contributed by atoms with Gasteiger partial charge in [-0.25, -0.2) is 0 Å². The van der Waals surface area contributed by atoms with Gasteiger partial charge in [-0.3, -0.25) is 4.98 Å². The average Bonchev–Trinajstić information content (AvgIpc) is 2.18. The highest BCUT2D eigenvalue weighted by Crippen LogP contribution is 2.16. The summed E-state index contributed by atoms with van der Waals surface area (Å²) in [5.74, 6) is 0. The maximum absolute atomic E-state index is 6.02. The second-order valence-corrected chi connectivity index (χ2v) is 3.45. The first kappa shape index (κ1) is 11.1. The first-order chi connectivity index (χ1) is 6.75. The number of pyridine rings is 1. The van der Waals surface area contributed by atoms with Crippen LogP contribution in [-0.4, -0.2) is 18.7 Å². The van der Waals surface area contributed by atoms with Crippen molar-refractivity contribution in [2.75, 3.05) is 13.7 Å². The highest BCUT2D eigenvalue weighted by atomic mass is 16.5. The number of methoxy groups -OCH3 is 1. The summed E-state index contributed by atoms with van der Waals surface area (Å²) in [4.78, 5) is 4.29. The number of hydrogen-bond donors (Lipinski definition) is 1. The summed E-state index contributed by atoms with van der Waals surface area (Å²) in [6, 6.07) is 4.01. The Balaban J connectivity index is 2.51. The van der Waals surface area contributed by atoms with Crippen LogP contribution in [0.1, 0.15) is 30.1 Å². The van der Waals surface area contributed by atoms with Crippen LogP contribution in [0.15, 0.2) is 18.3 Å². The Labute approximate surface area is 85.3 Å². The van der Waals surface area contributed by atoms with Crippen molar-refractivity contribution in [3.05, 3.63) is 29.6 Å². The number of nitrogens with two attached hydrogens (primary N) is 1. The number of rotatable bonds is 5. The van der Waals surface area contributed by atoms with E-state index in [9.17, 15) is 0 Å². The van der Waals surface area contributed by atoms with Gasteiger partial charge < -0.3 is 10.5 Å². The van der Waals surface area contributed by atoms with Crippen LogP contribution < -0.4 is 5.73 Å². The molecule has 2 N–H and O–H groups in total.